The van der Waals surface area contributed by atoms with Crippen LogP contribution in [0, 0.1) is 5.92 Å². The van der Waals surface area contributed by atoms with Crippen LogP contribution in [0.25, 0.3) is 0 Å². The summed E-state index contributed by atoms with van der Waals surface area (Å²) in [5.74, 6) is 0.577. The van der Waals surface area contributed by atoms with E-state index in [0.717, 1.165) is 29.8 Å². The van der Waals surface area contributed by atoms with Gasteiger partial charge in [-0.15, -0.1) is 12.4 Å². The van der Waals surface area contributed by atoms with Crippen LogP contribution in [0.2, 0.25) is 0 Å². The second-order valence-electron chi connectivity index (χ2n) is 5.47. The Morgan fingerprint density at radius 1 is 1.60 bits per heavy atom. The highest BCUT2D eigenvalue weighted by molar-refractivity contribution is 9.10. The van der Waals surface area contributed by atoms with E-state index < -0.39 is 0 Å². The molecule has 1 atom stereocenters. The van der Waals surface area contributed by atoms with Gasteiger partial charge in [-0.3, -0.25) is 4.79 Å². The minimum Gasteiger partial charge on any atom is -0.350 e. The van der Waals surface area contributed by atoms with E-state index in [4.69, 9.17) is 0 Å². The molecule has 1 saturated heterocycles. The maximum atomic E-state index is 12.3. The zero-order chi connectivity index (χ0) is 13.8. The molecule has 1 aromatic rings. The number of rotatable bonds is 4. The quantitative estimate of drug-likeness (QED) is 0.863. The van der Waals surface area contributed by atoms with Crippen molar-refractivity contribution >= 4 is 34.2 Å². The molecule has 0 radical (unpaired) electrons. The Morgan fingerprint density at radius 3 is 2.95 bits per heavy atom. The summed E-state index contributed by atoms with van der Waals surface area (Å²) in [6.07, 6.45) is 4.36. The van der Waals surface area contributed by atoms with Gasteiger partial charge in [0.05, 0.1) is 0 Å². The highest BCUT2D eigenvalue weighted by Crippen LogP contribution is 2.19. The van der Waals surface area contributed by atoms with Crippen LogP contribution in [-0.4, -0.2) is 30.1 Å². The van der Waals surface area contributed by atoms with Crippen LogP contribution in [0.1, 0.15) is 43.2 Å². The van der Waals surface area contributed by atoms with Gasteiger partial charge in [0, 0.05) is 23.3 Å². The fraction of sp³-hybridized carbons (Fsp3) is 0.643. The minimum absolute atomic E-state index is 0. The van der Waals surface area contributed by atoms with Gasteiger partial charge in [-0.05, 0) is 67.7 Å². The summed E-state index contributed by atoms with van der Waals surface area (Å²) in [6.45, 7) is 7.03. The molecule has 0 saturated carbocycles. The van der Waals surface area contributed by atoms with E-state index in [9.17, 15) is 4.79 Å². The number of carbonyl (C=O) groups excluding carboxylic acids is 1. The summed E-state index contributed by atoms with van der Waals surface area (Å²) in [5.41, 5.74) is 0.727. The predicted molar refractivity (Wildman–Crippen MR) is 87.7 cm³/mol. The Hall–Kier alpha value is -0.520. The van der Waals surface area contributed by atoms with Crippen LogP contribution in [-0.2, 0) is 0 Å². The van der Waals surface area contributed by atoms with Gasteiger partial charge in [0.15, 0.2) is 0 Å². The molecule has 1 fully saturated rings. The smallest absolute Gasteiger partial charge is 0.267 e. The van der Waals surface area contributed by atoms with E-state index in [1.807, 2.05) is 16.8 Å². The van der Waals surface area contributed by atoms with Gasteiger partial charge in [0.2, 0.25) is 0 Å². The van der Waals surface area contributed by atoms with Crippen LogP contribution in [0.4, 0.5) is 0 Å². The standard InChI is InChI=1S/C14H22BrN3O.ClH/c1-10(2)18-9-12(15)6-13(18)14(19)17-8-11-4-3-5-16-7-11;/h6,9-11,16H,3-5,7-8H2,1-2H3,(H,17,19);1H. The van der Waals surface area contributed by atoms with Crippen molar-refractivity contribution in [3.8, 4) is 0 Å². The molecule has 20 heavy (non-hydrogen) atoms. The number of amides is 1. The van der Waals surface area contributed by atoms with Crippen molar-refractivity contribution < 1.29 is 4.79 Å². The summed E-state index contributed by atoms with van der Waals surface area (Å²) in [5, 5.41) is 6.42. The van der Waals surface area contributed by atoms with E-state index in [1.54, 1.807) is 0 Å². The van der Waals surface area contributed by atoms with Crippen LogP contribution in [0.3, 0.4) is 0 Å². The number of nitrogens with one attached hydrogen (secondary N) is 2. The number of hydrogen-bond acceptors (Lipinski definition) is 2. The van der Waals surface area contributed by atoms with Crippen molar-refractivity contribution in [3.05, 3.63) is 22.4 Å². The van der Waals surface area contributed by atoms with Crippen LogP contribution in [0.15, 0.2) is 16.7 Å². The lowest BCUT2D eigenvalue weighted by Crippen LogP contribution is -2.38. The largest absolute Gasteiger partial charge is 0.350 e. The zero-order valence-corrected chi connectivity index (χ0v) is 14.4. The third kappa shape index (κ3) is 4.50. The first-order valence-corrected chi connectivity index (χ1v) is 7.73. The topological polar surface area (TPSA) is 46.1 Å². The number of piperidine rings is 1. The first-order valence-electron chi connectivity index (χ1n) is 6.94. The van der Waals surface area contributed by atoms with Crippen molar-refractivity contribution in [2.45, 2.75) is 32.7 Å². The first-order chi connectivity index (χ1) is 9.08. The van der Waals surface area contributed by atoms with Crippen LogP contribution >= 0.6 is 28.3 Å². The molecule has 1 amide bonds. The average molecular weight is 365 g/mol. The highest BCUT2D eigenvalue weighted by Gasteiger charge is 2.17. The molecule has 1 aliphatic heterocycles. The van der Waals surface area contributed by atoms with E-state index >= 15 is 0 Å². The third-order valence-corrected chi connectivity index (χ3v) is 3.99. The van der Waals surface area contributed by atoms with Gasteiger partial charge >= 0.3 is 0 Å². The number of halogens is 2. The van der Waals surface area contributed by atoms with Gasteiger partial charge in [0.25, 0.3) is 5.91 Å². The fourth-order valence-electron chi connectivity index (χ4n) is 2.48. The average Bonchev–Trinajstić information content (AvgIpc) is 2.79. The Morgan fingerprint density at radius 2 is 2.35 bits per heavy atom. The summed E-state index contributed by atoms with van der Waals surface area (Å²) in [4.78, 5) is 12.3. The summed E-state index contributed by atoms with van der Waals surface area (Å²) >= 11 is 3.44. The van der Waals surface area contributed by atoms with Crippen LogP contribution < -0.4 is 10.6 Å². The molecule has 1 aromatic heterocycles. The summed E-state index contributed by atoms with van der Waals surface area (Å²) < 4.78 is 2.95. The zero-order valence-electron chi connectivity index (χ0n) is 12.0. The van der Waals surface area contributed by atoms with Crippen molar-refractivity contribution in [2.24, 2.45) is 5.92 Å². The molecule has 6 heteroatoms. The molecule has 1 unspecified atom stereocenters. The lowest BCUT2D eigenvalue weighted by atomic mass is 10.00. The van der Waals surface area contributed by atoms with Gasteiger partial charge in [0.1, 0.15) is 5.69 Å². The van der Waals surface area contributed by atoms with E-state index in [-0.39, 0.29) is 24.4 Å². The number of carbonyl (C=O) groups is 1. The normalized spacial score (nSPS) is 18.7. The molecule has 0 aromatic carbocycles. The van der Waals surface area contributed by atoms with Crippen LogP contribution in [0.5, 0.6) is 0 Å². The van der Waals surface area contributed by atoms with E-state index in [2.05, 4.69) is 40.4 Å². The SMILES string of the molecule is CC(C)n1cc(Br)cc1C(=O)NCC1CCCNC1.Cl. The Kier molecular flexibility index (Phi) is 7.06. The van der Waals surface area contributed by atoms with Crippen molar-refractivity contribution in [1.29, 1.82) is 0 Å². The fourth-order valence-corrected chi connectivity index (χ4v) is 2.92. The molecule has 2 N–H and O–H groups in total. The molecule has 4 nitrogen and oxygen atoms in total. The van der Waals surface area contributed by atoms with Crippen molar-refractivity contribution in [1.82, 2.24) is 15.2 Å². The molecule has 0 spiro atoms. The Bertz CT molecular complexity index is 442. The second-order valence-corrected chi connectivity index (χ2v) is 6.38. The molecule has 0 bridgehead atoms. The molecule has 2 rings (SSSR count). The lowest BCUT2D eigenvalue weighted by Gasteiger charge is -2.23. The van der Waals surface area contributed by atoms with Gasteiger partial charge in [-0.25, -0.2) is 0 Å². The van der Waals surface area contributed by atoms with E-state index in [1.165, 1.54) is 12.8 Å². The number of nitrogens with zero attached hydrogens (tertiary/aromatic N) is 1. The highest BCUT2D eigenvalue weighted by atomic mass is 79.9. The maximum absolute atomic E-state index is 12.3. The first kappa shape index (κ1) is 17.5. The lowest BCUT2D eigenvalue weighted by molar-refractivity contribution is 0.0934. The maximum Gasteiger partial charge on any atom is 0.267 e. The predicted octanol–water partition coefficient (Wildman–Crippen LogP) is 2.98. The molecule has 1 aliphatic rings. The van der Waals surface area contributed by atoms with Crippen molar-refractivity contribution in [2.75, 3.05) is 19.6 Å². The molecular formula is C14H23BrClN3O. The molecule has 114 valence electrons. The molecule has 0 aliphatic carbocycles. The molecule has 2 heterocycles. The van der Waals surface area contributed by atoms with Gasteiger partial charge in [-0.2, -0.15) is 0 Å². The minimum atomic E-state index is 0. The number of aromatic nitrogens is 1. The third-order valence-electron chi connectivity index (χ3n) is 3.55. The van der Waals surface area contributed by atoms with E-state index in [0.29, 0.717) is 5.92 Å². The Balaban J connectivity index is 0.00000200. The van der Waals surface area contributed by atoms with Gasteiger partial charge in [-0.1, -0.05) is 0 Å². The van der Waals surface area contributed by atoms with Gasteiger partial charge < -0.3 is 15.2 Å². The summed E-state index contributed by atoms with van der Waals surface area (Å²) in [6, 6.07) is 2.16. The van der Waals surface area contributed by atoms with Crippen molar-refractivity contribution in [3.63, 3.8) is 0 Å². The summed E-state index contributed by atoms with van der Waals surface area (Å²) in [7, 11) is 0. The number of hydrogen-bond donors (Lipinski definition) is 2. The second kappa shape index (κ2) is 8.05. The molecular weight excluding hydrogens is 342 g/mol. The Labute approximate surface area is 135 Å². The monoisotopic (exact) mass is 363 g/mol.